The van der Waals surface area contributed by atoms with Crippen molar-refractivity contribution in [2.24, 2.45) is 0 Å². The Morgan fingerprint density at radius 3 is 2.52 bits per heavy atom. The molecule has 0 aliphatic carbocycles. The molecule has 2 aromatic carbocycles. The Balaban J connectivity index is 1.76. The summed E-state index contributed by atoms with van der Waals surface area (Å²) in [6.07, 6.45) is 0. The lowest BCUT2D eigenvalue weighted by molar-refractivity contribution is 0.885. The summed E-state index contributed by atoms with van der Waals surface area (Å²) in [5.74, 6) is 1.63. The molecule has 0 fully saturated rings. The first-order chi connectivity index (χ1) is 12.3. The maximum atomic E-state index is 4.46. The fourth-order valence-electron chi connectivity index (χ4n) is 2.51. The van der Waals surface area contributed by atoms with Crippen molar-refractivity contribution in [1.29, 1.82) is 0 Å². The maximum Gasteiger partial charge on any atom is 0.196 e. The topological polar surface area (TPSA) is 43.6 Å². The summed E-state index contributed by atoms with van der Waals surface area (Å²) < 4.78 is 2.12. The van der Waals surface area contributed by atoms with Crippen LogP contribution in [-0.2, 0) is 5.75 Å². The Morgan fingerprint density at radius 2 is 1.80 bits per heavy atom. The lowest BCUT2D eigenvalue weighted by Gasteiger charge is -2.10. The highest BCUT2D eigenvalue weighted by Gasteiger charge is 2.16. The summed E-state index contributed by atoms with van der Waals surface area (Å²) in [6.45, 7) is 2.09. The van der Waals surface area contributed by atoms with Crippen molar-refractivity contribution in [2.45, 2.75) is 17.8 Å². The first kappa shape index (κ1) is 16.1. The number of nitrogens with zero attached hydrogens (tertiary/aromatic N) is 4. The first-order valence-corrected chi connectivity index (χ1v) is 9.82. The second-order valence-corrected chi connectivity index (χ2v) is 7.27. The van der Waals surface area contributed by atoms with Crippen LogP contribution < -0.4 is 0 Å². The zero-order valence-corrected chi connectivity index (χ0v) is 15.3. The predicted molar refractivity (Wildman–Crippen MR) is 103 cm³/mol. The Kier molecular flexibility index (Phi) is 4.63. The van der Waals surface area contributed by atoms with Crippen LogP contribution in [0.25, 0.3) is 17.1 Å². The Bertz CT molecular complexity index is 945. The van der Waals surface area contributed by atoms with E-state index in [1.165, 1.54) is 5.56 Å². The van der Waals surface area contributed by atoms with Crippen molar-refractivity contribution in [2.75, 3.05) is 0 Å². The molecule has 0 radical (unpaired) electrons. The third-order valence-electron chi connectivity index (χ3n) is 3.79. The normalized spacial score (nSPS) is 10.9. The molecule has 0 amide bonds. The Morgan fingerprint density at radius 1 is 1.00 bits per heavy atom. The molecule has 4 aromatic rings. The van der Waals surface area contributed by atoms with Crippen LogP contribution in [0.4, 0.5) is 0 Å². The van der Waals surface area contributed by atoms with Gasteiger partial charge in [0.1, 0.15) is 0 Å². The molecule has 0 saturated heterocycles. The van der Waals surface area contributed by atoms with Crippen LogP contribution in [0.15, 0.2) is 70.6 Å². The minimum Gasteiger partial charge on any atom is -0.270 e. The van der Waals surface area contributed by atoms with Gasteiger partial charge in [0.25, 0.3) is 0 Å². The van der Waals surface area contributed by atoms with E-state index < -0.39 is 0 Å². The van der Waals surface area contributed by atoms with E-state index in [-0.39, 0.29) is 0 Å². The number of thioether (sulfide) groups is 1. The minimum atomic E-state index is 0.780. The highest BCUT2D eigenvalue weighted by atomic mass is 32.2. The highest BCUT2D eigenvalue weighted by molar-refractivity contribution is 7.98. The second-order valence-electron chi connectivity index (χ2n) is 5.61. The molecule has 2 heterocycles. The van der Waals surface area contributed by atoms with Crippen LogP contribution in [0.1, 0.15) is 11.3 Å². The summed E-state index contributed by atoms with van der Waals surface area (Å²) in [5.41, 5.74) is 6.27. The van der Waals surface area contributed by atoms with E-state index in [4.69, 9.17) is 0 Å². The molecule has 0 spiro atoms. The van der Waals surface area contributed by atoms with Crippen LogP contribution in [0, 0.1) is 6.92 Å². The van der Waals surface area contributed by atoms with Crippen molar-refractivity contribution >= 4 is 23.1 Å². The lowest BCUT2D eigenvalue weighted by atomic mass is 10.2. The van der Waals surface area contributed by atoms with Crippen LogP contribution >= 0.6 is 23.1 Å². The van der Waals surface area contributed by atoms with Gasteiger partial charge in [-0.05, 0) is 19.1 Å². The number of rotatable bonds is 5. The summed E-state index contributed by atoms with van der Waals surface area (Å²) in [4.78, 5) is 4.35. The summed E-state index contributed by atoms with van der Waals surface area (Å²) in [6, 6.07) is 18.6. The molecule has 0 bridgehead atoms. The van der Waals surface area contributed by atoms with Crippen LogP contribution in [0.3, 0.4) is 0 Å². The van der Waals surface area contributed by atoms with E-state index in [1.54, 1.807) is 23.1 Å². The fourth-order valence-corrected chi connectivity index (χ4v) is 4.03. The van der Waals surface area contributed by atoms with E-state index in [9.17, 15) is 0 Å². The largest absolute Gasteiger partial charge is 0.270 e. The number of benzene rings is 2. The van der Waals surface area contributed by atoms with Crippen molar-refractivity contribution in [3.05, 3.63) is 76.7 Å². The molecule has 6 heteroatoms. The highest BCUT2D eigenvalue weighted by Crippen LogP contribution is 2.29. The number of aryl methyl sites for hydroxylation is 1. The minimum absolute atomic E-state index is 0.780. The quantitative estimate of drug-likeness (QED) is 0.468. The summed E-state index contributed by atoms with van der Waals surface area (Å²) in [5, 5.41) is 11.8. The molecule has 0 aliphatic rings. The molecular formula is C19H16N4S2. The second kappa shape index (κ2) is 7.21. The molecule has 25 heavy (non-hydrogen) atoms. The van der Waals surface area contributed by atoms with Crippen LogP contribution in [0.5, 0.6) is 0 Å². The van der Waals surface area contributed by atoms with Gasteiger partial charge in [-0.1, -0.05) is 59.8 Å². The number of aromatic nitrogens is 4. The summed E-state index contributed by atoms with van der Waals surface area (Å²) >= 11 is 3.26. The monoisotopic (exact) mass is 364 g/mol. The molecule has 0 N–H and O–H groups in total. The molecule has 4 rings (SSSR count). The van der Waals surface area contributed by atoms with Gasteiger partial charge in [-0.25, -0.2) is 4.98 Å². The van der Waals surface area contributed by atoms with Gasteiger partial charge in [-0.2, -0.15) is 0 Å². The molecule has 0 unspecified atom stereocenters. The number of hydrogen-bond acceptors (Lipinski definition) is 5. The zero-order chi connectivity index (χ0) is 17.1. The number of hydrogen-bond donors (Lipinski definition) is 0. The first-order valence-electron chi connectivity index (χ1n) is 7.89. The standard InChI is InChI=1S/C19H16N4S2/c1-14-7-9-17(10-8-14)23-18(15-5-3-2-4-6-15)21-22-19(23)25-12-16-11-24-13-20-16/h2-11,13H,12H2,1H3. The van der Waals surface area contributed by atoms with Crippen molar-refractivity contribution < 1.29 is 0 Å². The van der Waals surface area contributed by atoms with Gasteiger partial charge in [-0.15, -0.1) is 21.5 Å². The van der Waals surface area contributed by atoms with Gasteiger partial charge in [-0.3, -0.25) is 4.57 Å². The van der Waals surface area contributed by atoms with Gasteiger partial charge in [0, 0.05) is 22.4 Å². The van der Waals surface area contributed by atoms with Crippen molar-refractivity contribution in [3.63, 3.8) is 0 Å². The lowest BCUT2D eigenvalue weighted by Crippen LogP contribution is -2.00. The molecule has 0 atom stereocenters. The van der Waals surface area contributed by atoms with E-state index in [1.807, 2.05) is 23.7 Å². The van der Waals surface area contributed by atoms with Crippen molar-refractivity contribution in [3.8, 4) is 17.1 Å². The molecule has 4 nitrogen and oxygen atoms in total. The van der Waals surface area contributed by atoms with Crippen LogP contribution in [-0.4, -0.2) is 19.7 Å². The van der Waals surface area contributed by atoms with Gasteiger partial charge < -0.3 is 0 Å². The average Bonchev–Trinajstić information content (AvgIpc) is 3.31. The predicted octanol–water partition coefficient (Wildman–Crippen LogP) is 4.99. The SMILES string of the molecule is Cc1ccc(-n2c(SCc3cscn3)nnc2-c2ccccc2)cc1. The Labute approximate surface area is 154 Å². The maximum absolute atomic E-state index is 4.46. The molecule has 0 saturated carbocycles. The van der Waals surface area contributed by atoms with Gasteiger partial charge >= 0.3 is 0 Å². The van der Waals surface area contributed by atoms with Crippen molar-refractivity contribution in [1.82, 2.24) is 19.7 Å². The average molecular weight is 364 g/mol. The van der Waals surface area contributed by atoms with E-state index in [0.29, 0.717) is 0 Å². The van der Waals surface area contributed by atoms with Crippen LogP contribution in [0.2, 0.25) is 0 Å². The molecular weight excluding hydrogens is 348 g/mol. The molecule has 124 valence electrons. The van der Waals surface area contributed by atoms with Gasteiger partial charge in [0.15, 0.2) is 11.0 Å². The third kappa shape index (κ3) is 3.50. The third-order valence-corrected chi connectivity index (χ3v) is 5.39. The van der Waals surface area contributed by atoms with E-state index in [0.717, 1.165) is 33.7 Å². The van der Waals surface area contributed by atoms with Gasteiger partial charge in [0.05, 0.1) is 11.2 Å². The molecule has 2 aromatic heterocycles. The summed E-state index contributed by atoms with van der Waals surface area (Å²) in [7, 11) is 0. The smallest absolute Gasteiger partial charge is 0.196 e. The van der Waals surface area contributed by atoms with E-state index >= 15 is 0 Å². The Hall–Kier alpha value is -2.44. The zero-order valence-electron chi connectivity index (χ0n) is 13.7. The number of thiazole rings is 1. The molecule has 0 aliphatic heterocycles. The fraction of sp³-hybridized carbons (Fsp3) is 0.105. The van der Waals surface area contributed by atoms with Gasteiger partial charge in [0.2, 0.25) is 0 Å². The van der Waals surface area contributed by atoms with E-state index in [2.05, 4.69) is 68.5 Å².